The molecule has 2 rings (SSSR count). The minimum absolute atomic E-state index is 0.182. The van der Waals surface area contributed by atoms with Crippen LogP contribution in [0.15, 0.2) is 24.3 Å². The number of hydrogen-bond acceptors (Lipinski definition) is 7. The molecule has 0 atom stereocenters. The molecule has 0 aromatic heterocycles. The van der Waals surface area contributed by atoms with Crippen LogP contribution < -0.4 is 16.4 Å². The van der Waals surface area contributed by atoms with Crippen LogP contribution in [0.4, 0.5) is 5.69 Å². The van der Waals surface area contributed by atoms with Gasteiger partial charge in [0.2, 0.25) is 0 Å². The molecule has 1 aromatic rings. The van der Waals surface area contributed by atoms with Gasteiger partial charge in [0.25, 0.3) is 0 Å². The van der Waals surface area contributed by atoms with Crippen LogP contribution in [0.25, 0.3) is 0 Å². The van der Waals surface area contributed by atoms with Gasteiger partial charge in [0.1, 0.15) is 0 Å². The minimum Gasteiger partial charge on any atom is -0.399 e. The van der Waals surface area contributed by atoms with Gasteiger partial charge in [-0.1, -0.05) is 19.1 Å². The van der Waals surface area contributed by atoms with Crippen molar-refractivity contribution >= 4 is 11.7 Å². The van der Waals surface area contributed by atoms with Crippen LogP contribution in [-0.4, -0.2) is 68.3 Å². The standard InChI is InChI=1S/C18H31N5O2/c1-2-18(24)25-23-12-10-21-8-7-20-9-11-22(13-14-23)15-16-3-5-17(19)6-4-16/h3-6,20-21H,2,7-15,19H2,1H3. The fourth-order valence-corrected chi connectivity index (χ4v) is 2.68. The second kappa shape index (κ2) is 11.0. The molecule has 0 aliphatic carbocycles. The lowest BCUT2D eigenvalue weighted by atomic mass is 10.2. The Morgan fingerprint density at radius 3 is 2.40 bits per heavy atom. The van der Waals surface area contributed by atoms with E-state index in [2.05, 4.69) is 27.7 Å². The van der Waals surface area contributed by atoms with Gasteiger partial charge in [-0.2, -0.15) is 0 Å². The highest BCUT2D eigenvalue weighted by Crippen LogP contribution is 2.09. The zero-order valence-corrected chi connectivity index (χ0v) is 15.2. The highest BCUT2D eigenvalue weighted by atomic mass is 16.7. The Balaban J connectivity index is 1.95. The van der Waals surface area contributed by atoms with Crippen molar-refractivity contribution in [3.8, 4) is 0 Å². The average Bonchev–Trinajstić information content (AvgIpc) is 2.61. The Kier molecular flexibility index (Phi) is 8.68. The van der Waals surface area contributed by atoms with Gasteiger partial charge in [0, 0.05) is 71.0 Å². The van der Waals surface area contributed by atoms with Crippen molar-refractivity contribution in [1.29, 1.82) is 0 Å². The predicted molar refractivity (Wildman–Crippen MR) is 99.8 cm³/mol. The first kappa shape index (κ1) is 19.7. The summed E-state index contributed by atoms with van der Waals surface area (Å²) in [7, 11) is 0. The van der Waals surface area contributed by atoms with E-state index >= 15 is 0 Å². The van der Waals surface area contributed by atoms with E-state index in [-0.39, 0.29) is 5.97 Å². The van der Waals surface area contributed by atoms with E-state index in [1.54, 1.807) is 5.06 Å². The molecular formula is C18H31N5O2. The molecule has 1 aliphatic heterocycles. The molecule has 0 radical (unpaired) electrons. The maximum absolute atomic E-state index is 11.6. The number of carbonyl (C=O) groups excluding carboxylic acids is 1. The summed E-state index contributed by atoms with van der Waals surface area (Å²) in [5.74, 6) is -0.182. The van der Waals surface area contributed by atoms with Crippen LogP contribution in [0.5, 0.6) is 0 Å². The van der Waals surface area contributed by atoms with E-state index in [1.165, 1.54) is 5.56 Å². The third-order valence-electron chi connectivity index (χ3n) is 4.19. The Bertz CT molecular complexity index is 509. The molecule has 0 spiro atoms. The van der Waals surface area contributed by atoms with Crippen molar-refractivity contribution in [2.45, 2.75) is 19.9 Å². The predicted octanol–water partition coefficient (Wildman–Crippen LogP) is 0.434. The number of nitrogen functional groups attached to an aromatic ring is 1. The second-order valence-corrected chi connectivity index (χ2v) is 6.26. The van der Waals surface area contributed by atoms with Gasteiger partial charge in [0.15, 0.2) is 0 Å². The molecule has 1 aromatic carbocycles. The fraction of sp³-hybridized carbons (Fsp3) is 0.611. The van der Waals surface area contributed by atoms with Crippen LogP contribution in [0.2, 0.25) is 0 Å². The molecular weight excluding hydrogens is 318 g/mol. The summed E-state index contributed by atoms with van der Waals surface area (Å²) in [5.41, 5.74) is 7.79. The number of nitrogens with two attached hydrogens (primary N) is 1. The molecule has 4 N–H and O–H groups in total. The number of hydrogen-bond donors (Lipinski definition) is 3. The van der Waals surface area contributed by atoms with Gasteiger partial charge in [-0.25, -0.2) is 0 Å². The molecule has 140 valence electrons. The normalized spacial score (nSPS) is 18.9. The average molecular weight is 349 g/mol. The quantitative estimate of drug-likeness (QED) is 0.680. The van der Waals surface area contributed by atoms with Crippen LogP contribution in [-0.2, 0) is 16.2 Å². The lowest BCUT2D eigenvalue weighted by Gasteiger charge is -2.28. The summed E-state index contributed by atoms with van der Waals surface area (Å²) in [6, 6.07) is 8.01. The van der Waals surface area contributed by atoms with E-state index in [4.69, 9.17) is 10.6 Å². The maximum Gasteiger partial charge on any atom is 0.324 e. The van der Waals surface area contributed by atoms with E-state index in [0.29, 0.717) is 19.5 Å². The molecule has 7 nitrogen and oxygen atoms in total. The van der Waals surface area contributed by atoms with Gasteiger partial charge in [-0.05, 0) is 17.7 Å². The Morgan fingerprint density at radius 1 is 1.04 bits per heavy atom. The molecule has 1 aliphatic rings. The monoisotopic (exact) mass is 349 g/mol. The zero-order chi connectivity index (χ0) is 17.9. The number of carbonyl (C=O) groups is 1. The Labute approximate surface area is 150 Å². The van der Waals surface area contributed by atoms with Crippen molar-refractivity contribution in [2.75, 3.05) is 58.1 Å². The Hall–Kier alpha value is -1.67. The molecule has 7 heteroatoms. The lowest BCUT2D eigenvalue weighted by Crippen LogP contribution is -2.43. The van der Waals surface area contributed by atoms with Crippen LogP contribution in [0.1, 0.15) is 18.9 Å². The maximum atomic E-state index is 11.6. The molecule has 0 bridgehead atoms. The van der Waals surface area contributed by atoms with Crippen molar-refractivity contribution in [1.82, 2.24) is 20.6 Å². The van der Waals surface area contributed by atoms with Crippen LogP contribution >= 0.6 is 0 Å². The lowest BCUT2D eigenvalue weighted by molar-refractivity contribution is -0.190. The first-order valence-corrected chi connectivity index (χ1v) is 9.11. The van der Waals surface area contributed by atoms with E-state index in [0.717, 1.165) is 51.5 Å². The fourth-order valence-electron chi connectivity index (χ4n) is 2.68. The Morgan fingerprint density at radius 2 is 1.72 bits per heavy atom. The number of hydroxylamine groups is 2. The first-order valence-electron chi connectivity index (χ1n) is 9.11. The molecule has 0 amide bonds. The number of benzene rings is 1. The summed E-state index contributed by atoms with van der Waals surface area (Å²) >= 11 is 0. The topological polar surface area (TPSA) is 82.9 Å². The molecule has 1 heterocycles. The first-order chi connectivity index (χ1) is 12.2. The molecule has 0 unspecified atom stereocenters. The number of nitrogens with one attached hydrogen (secondary N) is 2. The number of rotatable bonds is 4. The van der Waals surface area contributed by atoms with Crippen molar-refractivity contribution in [3.63, 3.8) is 0 Å². The number of anilines is 1. The van der Waals surface area contributed by atoms with E-state index < -0.39 is 0 Å². The minimum atomic E-state index is -0.182. The molecule has 0 saturated carbocycles. The summed E-state index contributed by atoms with van der Waals surface area (Å²) < 4.78 is 0. The number of nitrogens with zero attached hydrogens (tertiary/aromatic N) is 2. The van der Waals surface area contributed by atoms with Crippen molar-refractivity contribution < 1.29 is 9.63 Å². The van der Waals surface area contributed by atoms with Gasteiger partial charge in [-0.15, -0.1) is 5.06 Å². The van der Waals surface area contributed by atoms with Crippen molar-refractivity contribution in [2.24, 2.45) is 0 Å². The summed E-state index contributed by atoms with van der Waals surface area (Å²) in [5, 5.41) is 8.60. The summed E-state index contributed by atoms with van der Waals surface area (Å²) in [6.45, 7) is 9.43. The zero-order valence-electron chi connectivity index (χ0n) is 15.2. The van der Waals surface area contributed by atoms with Gasteiger partial charge >= 0.3 is 5.97 Å². The molecule has 1 saturated heterocycles. The van der Waals surface area contributed by atoms with Gasteiger partial charge in [-0.3, -0.25) is 9.69 Å². The highest BCUT2D eigenvalue weighted by molar-refractivity contribution is 5.68. The molecule has 25 heavy (non-hydrogen) atoms. The van der Waals surface area contributed by atoms with Crippen LogP contribution in [0, 0.1) is 0 Å². The largest absolute Gasteiger partial charge is 0.399 e. The van der Waals surface area contributed by atoms with E-state index in [9.17, 15) is 4.79 Å². The van der Waals surface area contributed by atoms with E-state index in [1.807, 2.05) is 19.1 Å². The summed E-state index contributed by atoms with van der Waals surface area (Å²) in [6.07, 6.45) is 0.392. The highest BCUT2D eigenvalue weighted by Gasteiger charge is 2.14. The SMILES string of the molecule is CCC(=O)ON1CCNCCNCCN(Cc2ccc(N)cc2)CC1. The van der Waals surface area contributed by atoms with Gasteiger partial charge in [0.05, 0.1) is 0 Å². The third-order valence-corrected chi connectivity index (χ3v) is 4.19. The molecule has 1 fully saturated rings. The van der Waals surface area contributed by atoms with Crippen LogP contribution in [0.3, 0.4) is 0 Å². The van der Waals surface area contributed by atoms with Crippen molar-refractivity contribution in [3.05, 3.63) is 29.8 Å². The second-order valence-electron chi connectivity index (χ2n) is 6.26. The third kappa shape index (κ3) is 7.83. The van der Waals surface area contributed by atoms with Gasteiger partial charge < -0.3 is 21.2 Å². The summed E-state index contributed by atoms with van der Waals surface area (Å²) in [4.78, 5) is 19.5. The smallest absolute Gasteiger partial charge is 0.324 e.